The van der Waals surface area contributed by atoms with Gasteiger partial charge in [-0.15, -0.1) is 0 Å². The molecule has 22 heavy (non-hydrogen) atoms. The van der Waals surface area contributed by atoms with Crippen molar-refractivity contribution in [1.29, 1.82) is 0 Å². The van der Waals surface area contributed by atoms with Gasteiger partial charge in [0, 0.05) is 24.9 Å². The first-order valence-corrected chi connectivity index (χ1v) is 7.44. The fraction of sp³-hybridized carbons (Fsp3) is 0.353. The summed E-state index contributed by atoms with van der Waals surface area (Å²) in [5.74, 6) is 0.662. The maximum atomic E-state index is 10.9. The van der Waals surface area contributed by atoms with Crippen LogP contribution in [0.1, 0.15) is 30.6 Å². The molecule has 1 unspecified atom stereocenters. The van der Waals surface area contributed by atoms with Gasteiger partial charge in [0.2, 0.25) is 0 Å². The van der Waals surface area contributed by atoms with Crippen molar-refractivity contribution >= 4 is 5.90 Å². The van der Waals surface area contributed by atoms with Gasteiger partial charge in [0.25, 0.3) is 0 Å². The number of hydrogen-bond acceptors (Lipinski definition) is 5. The smallest absolute Gasteiger partial charge is 0.180 e. The topological polar surface area (TPSA) is 67.6 Å². The first-order valence-electron chi connectivity index (χ1n) is 7.44. The number of fused-ring (bicyclic) bond motifs is 1. The van der Waals surface area contributed by atoms with Crippen LogP contribution in [-0.4, -0.2) is 33.1 Å². The summed E-state index contributed by atoms with van der Waals surface area (Å²) in [6.45, 7) is 2.30. The van der Waals surface area contributed by atoms with E-state index < -0.39 is 11.6 Å². The molecule has 1 aromatic heterocycles. The highest BCUT2D eigenvalue weighted by Gasteiger charge is 2.46. The Morgan fingerprint density at radius 3 is 2.82 bits per heavy atom. The zero-order valence-corrected chi connectivity index (χ0v) is 12.4. The number of aromatic nitrogens is 2. The van der Waals surface area contributed by atoms with Crippen LogP contribution in [0.3, 0.4) is 0 Å². The molecule has 5 heteroatoms. The average molecular weight is 295 g/mol. The van der Waals surface area contributed by atoms with E-state index in [4.69, 9.17) is 4.74 Å². The van der Waals surface area contributed by atoms with Crippen LogP contribution in [0.2, 0.25) is 0 Å². The fourth-order valence-electron chi connectivity index (χ4n) is 3.49. The molecule has 1 aromatic carbocycles. The van der Waals surface area contributed by atoms with Crippen LogP contribution in [0.4, 0.5) is 0 Å². The first-order chi connectivity index (χ1) is 10.7. The van der Waals surface area contributed by atoms with Crippen molar-refractivity contribution in [3.63, 3.8) is 0 Å². The minimum atomic E-state index is -0.640. The number of aliphatic hydroxyl groups excluding tert-OH is 1. The van der Waals surface area contributed by atoms with E-state index in [1.54, 1.807) is 12.4 Å². The lowest BCUT2D eigenvalue weighted by molar-refractivity contribution is 0.0523. The number of aliphatic hydroxyl groups is 1. The number of nitrogens with zero attached hydrogens (tertiary/aromatic N) is 3. The van der Waals surface area contributed by atoms with Crippen LogP contribution in [0, 0.1) is 0 Å². The molecule has 2 heterocycles. The molecule has 2 aliphatic rings. The summed E-state index contributed by atoms with van der Waals surface area (Å²) < 4.78 is 5.52. The van der Waals surface area contributed by atoms with E-state index in [2.05, 4.69) is 21.0 Å². The Hall–Kier alpha value is -2.27. The van der Waals surface area contributed by atoms with E-state index in [9.17, 15) is 5.11 Å². The summed E-state index contributed by atoms with van der Waals surface area (Å²) in [4.78, 5) is 12.8. The van der Waals surface area contributed by atoms with E-state index in [1.165, 1.54) is 6.33 Å². The first kappa shape index (κ1) is 13.4. The molecule has 1 aliphatic carbocycles. The molecule has 112 valence electrons. The van der Waals surface area contributed by atoms with Gasteiger partial charge < -0.3 is 9.84 Å². The molecule has 0 radical (unpaired) electrons. The van der Waals surface area contributed by atoms with Gasteiger partial charge in [-0.1, -0.05) is 18.2 Å². The van der Waals surface area contributed by atoms with Crippen LogP contribution < -0.4 is 0 Å². The van der Waals surface area contributed by atoms with Gasteiger partial charge >= 0.3 is 0 Å². The second-order valence-corrected chi connectivity index (χ2v) is 5.93. The Labute approximate surface area is 128 Å². The van der Waals surface area contributed by atoms with E-state index in [1.807, 2.05) is 19.1 Å². The molecule has 2 aromatic rings. The Bertz CT molecular complexity index is 745. The van der Waals surface area contributed by atoms with Crippen molar-refractivity contribution in [2.24, 2.45) is 4.99 Å². The third-order valence-electron chi connectivity index (χ3n) is 4.61. The molecule has 0 bridgehead atoms. The van der Waals surface area contributed by atoms with Gasteiger partial charge in [-0.25, -0.2) is 15.0 Å². The van der Waals surface area contributed by atoms with Crippen LogP contribution >= 0.6 is 0 Å². The predicted molar refractivity (Wildman–Crippen MR) is 82.5 cm³/mol. The van der Waals surface area contributed by atoms with E-state index in [-0.39, 0.29) is 0 Å². The van der Waals surface area contributed by atoms with Gasteiger partial charge in [0.05, 0.1) is 0 Å². The monoisotopic (exact) mass is 295 g/mol. The van der Waals surface area contributed by atoms with Crippen molar-refractivity contribution < 1.29 is 9.84 Å². The second kappa shape index (κ2) is 4.88. The van der Waals surface area contributed by atoms with Gasteiger partial charge in [0.15, 0.2) is 5.90 Å². The van der Waals surface area contributed by atoms with Crippen LogP contribution in [0.5, 0.6) is 0 Å². The standard InChI is InChI=1S/C17H17N3O2/c1-11-20-17(9-22-11)6-5-14-13(12-7-18-10-19-8-12)3-2-4-15(14)16(17)21/h2-4,7-8,10,16,21H,5-6,9H2,1H3/t16?,17-/m1/s1. The number of ether oxygens (including phenoxy) is 1. The Morgan fingerprint density at radius 2 is 2.09 bits per heavy atom. The van der Waals surface area contributed by atoms with E-state index in [0.29, 0.717) is 12.5 Å². The highest BCUT2D eigenvalue weighted by atomic mass is 16.5. The molecular weight excluding hydrogens is 278 g/mol. The zero-order valence-electron chi connectivity index (χ0n) is 12.4. The Kier molecular flexibility index (Phi) is 2.97. The van der Waals surface area contributed by atoms with Crippen LogP contribution in [0.15, 0.2) is 41.9 Å². The van der Waals surface area contributed by atoms with E-state index in [0.717, 1.165) is 35.1 Å². The van der Waals surface area contributed by atoms with Crippen molar-refractivity contribution in [1.82, 2.24) is 9.97 Å². The lowest BCUT2D eigenvalue weighted by Gasteiger charge is -2.36. The maximum Gasteiger partial charge on any atom is 0.180 e. The van der Waals surface area contributed by atoms with Crippen LogP contribution in [0.25, 0.3) is 11.1 Å². The van der Waals surface area contributed by atoms with Gasteiger partial charge in [-0.2, -0.15) is 0 Å². The lowest BCUT2D eigenvalue weighted by Crippen LogP contribution is -2.40. The summed E-state index contributed by atoms with van der Waals surface area (Å²) in [7, 11) is 0. The molecule has 2 atom stereocenters. The minimum Gasteiger partial charge on any atom is -0.479 e. The summed E-state index contributed by atoms with van der Waals surface area (Å²) in [5.41, 5.74) is 3.64. The number of benzene rings is 1. The minimum absolute atomic E-state index is 0.456. The number of rotatable bonds is 1. The summed E-state index contributed by atoms with van der Waals surface area (Å²) in [6, 6.07) is 6.01. The summed E-state index contributed by atoms with van der Waals surface area (Å²) in [6.07, 6.45) is 6.13. The summed E-state index contributed by atoms with van der Waals surface area (Å²) in [5, 5.41) is 10.9. The van der Waals surface area contributed by atoms with Crippen molar-refractivity contribution in [2.75, 3.05) is 6.61 Å². The molecular formula is C17H17N3O2. The highest BCUT2D eigenvalue weighted by molar-refractivity contribution is 5.76. The van der Waals surface area contributed by atoms with E-state index >= 15 is 0 Å². The second-order valence-electron chi connectivity index (χ2n) is 5.93. The molecule has 5 nitrogen and oxygen atoms in total. The number of hydrogen-bond donors (Lipinski definition) is 1. The quantitative estimate of drug-likeness (QED) is 0.876. The van der Waals surface area contributed by atoms with Gasteiger partial charge in [-0.3, -0.25) is 0 Å². The Balaban J connectivity index is 1.81. The molecule has 0 saturated carbocycles. The SMILES string of the molecule is CC1=N[C@]2(CCc3c(-c4cncnc4)cccc3C2O)CO1. The molecule has 0 fully saturated rings. The summed E-state index contributed by atoms with van der Waals surface area (Å²) >= 11 is 0. The molecule has 1 spiro atoms. The highest BCUT2D eigenvalue weighted by Crippen LogP contribution is 2.45. The average Bonchev–Trinajstić information content (AvgIpc) is 2.94. The third kappa shape index (κ3) is 1.93. The molecule has 1 aliphatic heterocycles. The maximum absolute atomic E-state index is 10.9. The molecule has 0 saturated heterocycles. The third-order valence-corrected chi connectivity index (χ3v) is 4.61. The van der Waals surface area contributed by atoms with Gasteiger partial charge in [-0.05, 0) is 29.5 Å². The van der Waals surface area contributed by atoms with Crippen LogP contribution in [-0.2, 0) is 11.2 Å². The van der Waals surface area contributed by atoms with Crippen molar-refractivity contribution in [3.05, 3.63) is 48.0 Å². The van der Waals surface area contributed by atoms with Crippen molar-refractivity contribution in [2.45, 2.75) is 31.4 Å². The normalized spacial score (nSPS) is 26.5. The molecule has 0 amide bonds. The molecule has 4 rings (SSSR count). The Morgan fingerprint density at radius 1 is 1.27 bits per heavy atom. The van der Waals surface area contributed by atoms with Crippen molar-refractivity contribution in [3.8, 4) is 11.1 Å². The zero-order chi connectivity index (χ0) is 15.2. The van der Waals surface area contributed by atoms with Gasteiger partial charge in [0.1, 0.15) is 24.6 Å². The fourth-order valence-corrected chi connectivity index (χ4v) is 3.49. The predicted octanol–water partition coefficient (Wildman–Crippen LogP) is 2.31. The lowest BCUT2D eigenvalue weighted by atomic mass is 9.74. The largest absolute Gasteiger partial charge is 0.479 e. The number of aliphatic imine (C=N–C) groups is 1. The molecule has 1 N–H and O–H groups in total.